The number of halogens is 3. The standard InChI is InChI=1S/C23H27F3N4O2/c1-32-18-7-8-27-21(13-18)29-9-11-30(12-10-29)22(31)19-15-28(16-20(19)23(24,25)26)14-17-5-3-2-4-6-17/h2-8,13,19-20H,9-12,14-16H2,1H3/t19-,20-/m1/s1. The van der Waals surface area contributed by atoms with Gasteiger partial charge in [0, 0.05) is 58.1 Å². The SMILES string of the molecule is COc1ccnc(N2CCN(C(=O)[C@@H]3CN(Cc4ccccc4)C[C@H]3C(F)(F)F)CC2)c1. The highest BCUT2D eigenvalue weighted by Crippen LogP contribution is 2.39. The lowest BCUT2D eigenvalue weighted by Gasteiger charge is -2.37. The van der Waals surface area contributed by atoms with E-state index < -0.39 is 23.9 Å². The molecule has 1 aromatic carbocycles. The number of amides is 1. The molecule has 0 radical (unpaired) electrons. The Bertz CT molecular complexity index is 917. The molecule has 0 spiro atoms. The van der Waals surface area contributed by atoms with Crippen LogP contribution in [-0.2, 0) is 11.3 Å². The third-order valence-electron chi connectivity index (χ3n) is 6.25. The highest BCUT2D eigenvalue weighted by molar-refractivity contribution is 5.80. The van der Waals surface area contributed by atoms with Gasteiger partial charge in [0.15, 0.2) is 0 Å². The molecule has 0 N–H and O–H groups in total. The minimum absolute atomic E-state index is 0.121. The molecule has 2 saturated heterocycles. The van der Waals surface area contributed by atoms with E-state index in [2.05, 4.69) is 4.98 Å². The number of piperazine rings is 1. The number of carbonyl (C=O) groups excluding carboxylic acids is 1. The van der Waals surface area contributed by atoms with Crippen molar-refractivity contribution in [3.63, 3.8) is 0 Å². The maximum absolute atomic E-state index is 13.8. The van der Waals surface area contributed by atoms with Crippen LogP contribution in [0, 0.1) is 11.8 Å². The first-order chi connectivity index (χ1) is 15.3. The van der Waals surface area contributed by atoms with Crippen LogP contribution in [0.1, 0.15) is 5.56 Å². The van der Waals surface area contributed by atoms with Crippen LogP contribution in [0.15, 0.2) is 48.7 Å². The number of methoxy groups -OCH3 is 1. The van der Waals surface area contributed by atoms with Crippen molar-refractivity contribution in [2.45, 2.75) is 12.7 Å². The molecule has 0 bridgehead atoms. The van der Waals surface area contributed by atoms with E-state index >= 15 is 0 Å². The maximum atomic E-state index is 13.8. The number of ether oxygens (including phenoxy) is 1. The highest BCUT2D eigenvalue weighted by Gasteiger charge is 2.53. The van der Waals surface area contributed by atoms with Crippen molar-refractivity contribution in [3.05, 3.63) is 54.2 Å². The van der Waals surface area contributed by atoms with E-state index in [1.165, 1.54) is 0 Å². The number of likely N-dealkylation sites (tertiary alicyclic amines) is 1. The predicted molar refractivity (Wildman–Crippen MR) is 114 cm³/mol. The van der Waals surface area contributed by atoms with Crippen molar-refractivity contribution in [1.82, 2.24) is 14.8 Å². The summed E-state index contributed by atoms with van der Waals surface area (Å²) in [6, 6.07) is 13.0. The zero-order valence-electron chi connectivity index (χ0n) is 18.0. The molecule has 9 heteroatoms. The molecule has 2 atom stereocenters. The summed E-state index contributed by atoms with van der Waals surface area (Å²) in [5.41, 5.74) is 0.945. The Hall–Kier alpha value is -2.81. The Kier molecular flexibility index (Phi) is 6.55. The molecule has 2 aliphatic rings. The normalized spacial score (nSPS) is 22.2. The second-order valence-electron chi connectivity index (χ2n) is 8.30. The zero-order valence-corrected chi connectivity index (χ0v) is 18.0. The summed E-state index contributed by atoms with van der Waals surface area (Å²) in [5.74, 6) is -1.69. The average Bonchev–Trinajstić information content (AvgIpc) is 3.24. The Labute approximate surface area is 185 Å². The van der Waals surface area contributed by atoms with Crippen LogP contribution >= 0.6 is 0 Å². The van der Waals surface area contributed by atoms with Gasteiger partial charge in [0.2, 0.25) is 5.91 Å². The van der Waals surface area contributed by atoms with Gasteiger partial charge in [-0.2, -0.15) is 13.2 Å². The number of nitrogens with zero attached hydrogens (tertiary/aromatic N) is 4. The molecular formula is C23H27F3N4O2. The summed E-state index contributed by atoms with van der Waals surface area (Å²) in [6.07, 6.45) is -2.75. The molecule has 1 amide bonds. The van der Waals surface area contributed by atoms with Gasteiger partial charge in [0.25, 0.3) is 0 Å². The van der Waals surface area contributed by atoms with Gasteiger partial charge in [0.1, 0.15) is 11.6 Å². The van der Waals surface area contributed by atoms with Crippen molar-refractivity contribution in [3.8, 4) is 5.75 Å². The number of benzene rings is 1. The number of hydrogen-bond acceptors (Lipinski definition) is 5. The molecule has 0 saturated carbocycles. The van der Waals surface area contributed by atoms with E-state index in [0.717, 1.165) is 11.4 Å². The van der Waals surface area contributed by atoms with Gasteiger partial charge in [-0.25, -0.2) is 4.98 Å². The number of hydrogen-bond donors (Lipinski definition) is 0. The monoisotopic (exact) mass is 448 g/mol. The molecule has 2 aromatic rings. The third kappa shape index (κ3) is 4.98. The zero-order chi connectivity index (χ0) is 22.7. The number of aromatic nitrogens is 1. The predicted octanol–water partition coefficient (Wildman–Crippen LogP) is 3.05. The fourth-order valence-corrected chi connectivity index (χ4v) is 4.53. The van der Waals surface area contributed by atoms with E-state index in [9.17, 15) is 18.0 Å². The lowest BCUT2D eigenvalue weighted by atomic mass is 9.93. The summed E-state index contributed by atoms with van der Waals surface area (Å²) < 4.78 is 46.6. The molecule has 172 valence electrons. The van der Waals surface area contributed by atoms with Crippen molar-refractivity contribution in [2.24, 2.45) is 11.8 Å². The van der Waals surface area contributed by atoms with Crippen LogP contribution in [0.25, 0.3) is 0 Å². The molecule has 4 rings (SSSR count). The second-order valence-corrected chi connectivity index (χ2v) is 8.30. The number of alkyl halides is 3. The van der Waals surface area contributed by atoms with E-state index in [4.69, 9.17) is 4.74 Å². The molecule has 0 unspecified atom stereocenters. The van der Waals surface area contributed by atoms with E-state index in [1.807, 2.05) is 41.3 Å². The van der Waals surface area contributed by atoms with Crippen molar-refractivity contribution < 1.29 is 22.7 Å². The van der Waals surface area contributed by atoms with Crippen molar-refractivity contribution in [1.29, 1.82) is 0 Å². The van der Waals surface area contributed by atoms with Crippen LogP contribution in [-0.4, -0.2) is 73.2 Å². The summed E-state index contributed by atoms with van der Waals surface area (Å²) in [6.45, 7) is 2.16. The quantitative estimate of drug-likeness (QED) is 0.704. The van der Waals surface area contributed by atoms with Crippen LogP contribution in [0.2, 0.25) is 0 Å². The Morgan fingerprint density at radius 3 is 2.47 bits per heavy atom. The summed E-state index contributed by atoms with van der Waals surface area (Å²) >= 11 is 0. The van der Waals surface area contributed by atoms with Crippen molar-refractivity contribution in [2.75, 3.05) is 51.3 Å². The Morgan fingerprint density at radius 1 is 1.09 bits per heavy atom. The van der Waals surface area contributed by atoms with Gasteiger partial charge >= 0.3 is 6.18 Å². The second kappa shape index (κ2) is 9.36. The Morgan fingerprint density at radius 2 is 1.81 bits per heavy atom. The topological polar surface area (TPSA) is 48.9 Å². The van der Waals surface area contributed by atoms with Gasteiger partial charge in [-0.3, -0.25) is 9.69 Å². The minimum atomic E-state index is -4.40. The Balaban J connectivity index is 1.40. The van der Waals surface area contributed by atoms with E-state index in [1.54, 1.807) is 29.2 Å². The number of pyridine rings is 1. The fourth-order valence-electron chi connectivity index (χ4n) is 4.53. The van der Waals surface area contributed by atoms with Crippen molar-refractivity contribution >= 4 is 11.7 Å². The molecule has 2 fully saturated rings. The summed E-state index contributed by atoms with van der Waals surface area (Å²) in [7, 11) is 1.58. The van der Waals surface area contributed by atoms with Crippen LogP contribution in [0.4, 0.5) is 19.0 Å². The molecule has 32 heavy (non-hydrogen) atoms. The van der Waals surface area contributed by atoms with Gasteiger partial charge in [-0.05, 0) is 11.6 Å². The first-order valence-corrected chi connectivity index (χ1v) is 10.7. The van der Waals surface area contributed by atoms with Gasteiger partial charge in [-0.1, -0.05) is 30.3 Å². The number of carbonyl (C=O) groups is 1. The average molecular weight is 448 g/mol. The minimum Gasteiger partial charge on any atom is -0.497 e. The molecule has 1 aromatic heterocycles. The van der Waals surface area contributed by atoms with Crippen LogP contribution < -0.4 is 9.64 Å². The lowest BCUT2D eigenvalue weighted by molar-refractivity contribution is -0.186. The summed E-state index contributed by atoms with van der Waals surface area (Å²) in [4.78, 5) is 22.8. The van der Waals surface area contributed by atoms with Crippen LogP contribution in [0.5, 0.6) is 5.75 Å². The highest BCUT2D eigenvalue weighted by atomic mass is 19.4. The van der Waals surface area contributed by atoms with Gasteiger partial charge in [-0.15, -0.1) is 0 Å². The maximum Gasteiger partial charge on any atom is 0.393 e. The molecule has 0 aliphatic carbocycles. The van der Waals surface area contributed by atoms with Gasteiger partial charge in [0.05, 0.1) is 18.9 Å². The van der Waals surface area contributed by atoms with E-state index in [-0.39, 0.29) is 13.1 Å². The lowest BCUT2D eigenvalue weighted by Crippen LogP contribution is -2.52. The first kappa shape index (κ1) is 22.4. The molecule has 3 heterocycles. The fraction of sp³-hybridized carbons (Fsp3) is 0.478. The molecule has 6 nitrogen and oxygen atoms in total. The number of rotatable bonds is 5. The van der Waals surface area contributed by atoms with Gasteiger partial charge < -0.3 is 14.5 Å². The summed E-state index contributed by atoms with van der Waals surface area (Å²) in [5, 5.41) is 0. The molecule has 2 aliphatic heterocycles. The largest absolute Gasteiger partial charge is 0.497 e. The smallest absolute Gasteiger partial charge is 0.393 e. The number of anilines is 1. The molecular weight excluding hydrogens is 421 g/mol. The first-order valence-electron chi connectivity index (χ1n) is 10.7. The third-order valence-corrected chi connectivity index (χ3v) is 6.25. The van der Waals surface area contributed by atoms with E-state index in [0.29, 0.717) is 38.5 Å². The van der Waals surface area contributed by atoms with Crippen LogP contribution in [0.3, 0.4) is 0 Å².